The summed E-state index contributed by atoms with van der Waals surface area (Å²) in [6.07, 6.45) is -0.128. The number of nitrogens with zero attached hydrogens (tertiary/aromatic N) is 2. The molecule has 108 valence electrons. The summed E-state index contributed by atoms with van der Waals surface area (Å²) in [5, 5.41) is 4.16. The van der Waals surface area contributed by atoms with Crippen molar-refractivity contribution < 1.29 is 14.0 Å². The monoisotopic (exact) mass is 268 g/mol. The molecule has 1 aromatic rings. The van der Waals surface area contributed by atoms with Gasteiger partial charge in [0.1, 0.15) is 5.76 Å². The average Bonchev–Trinajstić information content (AvgIpc) is 2.80. The molecule has 1 aliphatic rings. The standard InChI is InChI=1S/C14H24N2O3/c1-9(2)10(3)12-6-13(15-19-12)16-7-11(8-16)14(17-4)18-5/h6,9-11,14H,7-8H2,1-5H3. The molecule has 0 aliphatic carbocycles. The highest BCUT2D eigenvalue weighted by molar-refractivity contribution is 5.42. The molecule has 5 nitrogen and oxygen atoms in total. The maximum absolute atomic E-state index is 5.44. The van der Waals surface area contributed by atoms with Crippen molar-refractivity contribution in [2.75, 3.05) is 32.2 Å². The summed E-state index contributed by atoms with van der Waals surface area (Å²) < 4.78 is 16.0. The van der Waals surface area contributed by atoms with Gasteiger partial charge in [-0.15, -0.1) is 0 Å². The molecule has 2 rings (SSSR count). The molecule has 0 N–H and O–H groups in total. The fourth-order valence-corrected chi connectivity index (χ4v) is 2.32. The van der Waals surface area contributed by atoms with Gasteiger partial charge in [0, 0.05) is 45.2 Å². The Hall–Kier alpha value is -1.07. The van der Waals surface area contributed by atoms with Gasteiger partial charge in [0.2, 0.25) is 0 Å². The molecule has 0 spiro atoms. The highest BCUT2D eigenvalue weighted by Crippen LogP contribution is 2.31. The van der Waals surface area contributed by atoms with Gasteiger partial charge in [0.25, 0.3) is 0 Å². The van der Waals surface area contributed by atoms with E-state index in [1.165, 1.54) is 0 Å². The van der Waals surface area contributed by atoms with E-state index in [9.17, 15) is 0 Å². The number of ether oxygens (including phenoxy) is 2. The van der Waals surface area contributed by atoms with Crippen LogP contribution in [-0.4, -0.2) is 38.8 Å². The van der Waals surface area contributed by atoms with E-state index in [-0.39, 0.29) is 6.29 Å². The number of rotatable bonds is 6. The van der Waals surface area contributed by atoms with Crippen LogP contribution in [0.3, 0.4) is 0 Å². The van der Waals surface area contributed by atoms with Crippen molar-refractivity contribution in [3.8, 4) is 0 Å². The lowest BCUT2D eigenvalue weighted by atomic mass is 9.95. The lowest BCUT2D eigenvalue weighted by Gasteiger charge is -2.41. The predicted molar refractivity (Wildman–Crippen MR) is 73.3 cm³/mol. The van der Waals surface area contributed by atoms with E-state index < -0.39 is 0 Å². The average molecular weight is 268 g/mol. The van der Waals surface area contributed by atoms with Crippen LogP contribution < -0.4 is 4.90 Å². The van der Waals surface area contributed by atoms with E-state index >= 15 is 0 Å². The summed E-state index contributed by atoms with van der Waals surface area (Å²) in [6, 6.07) is 2.05. The Bertz CT molecular complexity index is 395. The zero-order valence-corrected chi connectivity index (χ0v) is 12.4. The van der Waals surface area contributed by atoms with E-state index in [2.05, 4.69) is 36.9 Å². The number of anilines is 1. The molecule has 2 heterocycles. The van der Waals surface area contributed by atoms with Gasteiger partial charge in [-0.3, -0.25) is 0 Å². The fourth-order valence-electron chi connectivity index (χ4n) is 2.32. The first-order valence-corrected chi connectivity index (χ1v) is 6.84. The minimum Gasteiger partial charge on any atom is -0.359 e. The fraction of sp³-hybridized carbons (Fsp3) is 0.786. The van der Waals surface area contributed by atoms with Crippen LogP contribution in [0.15, 0.2) is 10.6 Å². The van der Waals surface area contributed by atoms with Crippen molar-refractivity contribution in [3.63, 3.8) is 0 Å². The Morgan fingerprint density at radius 3 is 2.42 bits per heavy atom. The molecule has 5 heteroatoms. The smallest absolute Gasteiger partial charge is 0.172 e. The molecule has 1 aliphatic heterocycles. The molecular weight excluding hydrogens is 244 g/mol. The highest BCUT2D eigenvalue weighted by atomic mass is 16.7. The quantitative estimate of drug-likeness (QED) is 0.742. The summed E-state index contributed by atoms with van der Waals surface area (Å²) >= 11 is 0. The summed E-state index contributed by atoms with van der Waals surface area (Å²) in [7, 11) is 3.35. The maximum atomic E-state index is 5.44. The van der Waals surface area contributed by atoms with Crippen molar-refractivity contribution in [3.05, 3.63) is 11.8 Å². The summed E-state index contributed by atoms with van der Waals surface area (Å²) in [4.78, 5) is 2.19. The Morgan fingerprint density at radius 1 is 1.26 bits per heavy atom. The molecule has 19 heavy (non-hydrogen) atoms. The summed E-state index contributed by atoms with van der Waals surface area (Å²) in [5.41, 5.74) is 0. The van der Waals surface area contributed by atoms with Crippen LogP contribution in [0.2, 0.25) is 0 Å². The molecule has 1 unspecified atom stereocenters. The Morgan fingerprint density at radius 2 is 1.89 bits per heavy atom. The number of hydrogen-bond donors (Lipinski definition) is 0. The van der Waals surface area contributed by atoms with E-state index in [0.717, 1.165) is 24.7 Å². The molecule has 1 saturated heterocycles. The second-order valence-electron chi connectivity index (χ2n) is 5.63. The Kier molecular flexibility index (Phi) is 4.47. The molecule has 0 radical (unpaired) electrons. The summed E-state index contributed by atoms with van der Waals surface area (Å²) in [5.74, 6) is 3.23. The van der Waals surface area contributed by atoms with Crippen LogP contribution in [0.4, 0.5) is 5.82 Å². The van der Waals surface area contributed by atoms with Gasteiger partial charge < -0.3 is 18.9 Å². The van der Waals surface area contributed by atoms with Crippen LogP contribution in [0.5, 0.6) is 0 Å². The Balaban J connectivity index is 1.92. The molecular formula is C14H24N2O3. The van der Waals surface area contributed by atoms with E-state index in [0.29, 0.717) is 17.8 Å². The van der Waals surface area contributed by atoms with Crippen molar-refractivity contribution in [1.82, 2.24) is 5.16 Å². The highest BCUT2D eigenvalue weighted by Gasteiger charge is 2.35. The van der Waals surface area contributed by atoms with Crippen LogP contribution in [-0.2, 0) is 9.47 Å². The van der Waals surface area contributed by atoms with Gasteiger partial charge in [0.05, 0.1) is 0 Å². The first-order chi connectivity index (χ1) is 9.06. The van der Waals surface area contributed by atoms with E-state index in [1.54, 1.807) is 14.2 Å². The van der Waals surface area contributed by atoms with Crippen LogP contribution in [0.1, 0.15) is 32.4 Å². The first-order valence-electron chi connectivity index (χ1n) is 6.84. The largest absolute Gasteiger partial charge is 0.359 e. The molecule has 0 aromatic carbocycles. The maximum Gasteiger partial charge on any atom is 0.172 e. The van der Waals surface area contributed by atoms with Gasteiger partial charge in [0.15, 0.2) is 12.1 Å². The molecule has 0 saturated carbocycles. The zero-order chi connectivity index (χ0) is 14.0. The normalized spacial score (nSPS) is 18.2. The third kappa shape index (κ3) is 2.92. The van der Waals surface area contributed by atoms with Gasteiger partial charge >= 0.3 is 0 Å². The minimum atomic E-state index is -0.128. The molecule has 0 amide bonds. The van der Waals surface area contributed by atoms with E-state index in [4.69, 9.17) is 14.0 Å². The number of hydrogen-bond acceptors (Lipinski definition) is 5. The third-order valence-corrected chi connectivity index (χ3v) is 4.05. The summed E-state index contributed by atoms with van der Waals surface area (Å²) in [6.45, 7) is 8.34. The molecule has 1 aromatic heterocycles. The third-order valence-electron chi connectivity index (χ3n) is 4.05. The number of aromatic nitrogens is 1. The van der Waals surface area contributed by atoms with Crippen LogP contribution in [0.25, 0.3) is 0 Å². The number of methoxy groups -OCH3 is 2. The van der Waals surface area contributed by atoms with Gasteiger partial charge in [-0.05, 0) is 5.92 Å². The SMILES string of the molecule is COC(OC)C1CN(c2cc(C(C)C(C)C)on2)C1. The zero-order valence-electron chi connectivity index (χ0n) is 12.4. The van der Waals surface area contributed by atoms with Gasteiger partial charge in [-0.2, -0.15) is 0 Å². The Labute approximate surface area is 114 Å². The molecule has 1 fully saturated rings. The van der Waals surface area contributed by atoms with Gasteiger partial charge in [-0.25, -0.2) is 0 Å². The van der Waals surface area contributed by atoms with Crippen LogP contribution >= 0.6 is 0 Å². The second-order valence-corrected chi connectivity index (χ2v) is 5.63. The van der Waals surface area contributed by atoms with Crippen molar-refractivity contribution >= 4 is 5.82 Å². The van der Waals surface area contributed by atoms with E-state index in [1.807, 2.05) is 0 Å². The minimum absolute atomic E-state index is 0.128. The van der Waals surface area contributed by atoms with Crippen LogP contribution in [0, 0.1) is 11.8 Å². The predicted octanol–water partition coefficient (Wildman–Crippen LogP) is 2.49. The van der Waals surface area contributed by atoms with Crippen molar-refractivity contribution in [2.24, 2.45) is 11.8 Å². The molecule has 1 atom stereocenters. The topological polar surface area (TPSA) is 47.7 Å². The first kappa shape index (κ1) is 14.3. The second kappa shape index (κ2) is 5.92. The molecule has 0 bridgehead atoms. The van der Waals surface area contributed by atoms with Crippen molar-refractivity contribution in [1.29, 1.82) is 0 Å². The van der Waals surface area contributed by atoms with Crippen molar-refractivity contribution in [2.45, 2.75) is 33.0 Å². The lowest BCUT2D eigenvalue weighted by molar-refractivity contribution is -0.142. The van der Waals surface area contributed by atoms with Gasteiger partial charge in [-0.1, -0.05) is 25.9 Å². The lowest BCUT2D eigenvalue weighted by Crippen LogP contribution is -2.53.